The number of hydrogen-bond acceptors (Lipinski definition) is 4. The van der Waals surface area contributed by atoms with E-state index in [1.165, 1.54) is 0 Å². The van der Waals surface area contributed by atoms with Crippen molar-refractivity contribution in [2.45, 2.75) is 12.5 Å². The Morgan fingerprint density at radius 2 is 2.27 bits per heavy atom. The number of hydrogen-bond donors (Lipinski definition) is 2. The molecule has 0 aromatic rings. The molecule has 1 aliphatic heterocycles. The first-order valence-electron chi connectivity index (χ1n) is 3.62. The number of sulfone groups is 1. The lowest BCUT2D eigenvalue weighted by Gasteiger charge is -2.13. The molecule has 1 fully saturated rings. The number of nitrogens with two attached hydrogens (primary N) is 1. The molecule has 1 aliphatic rings. The smallest absolute Gasteiger partial charge is 0.150 e. The number of aliphatic hydroxyl groups excluding tert-OH is 1. The zero-order valence-electron chi connectivity index (χ0n) is 6.23. The summed E-state index contributed by atoms with van der Waals surface area (Å²) in [6.45, 7) is -0.125. The fraction of sp³-hybridized carbons (Fsp3) is 1.00. The Hall–Kier alpha value is -0.130. The van der Waals surface area contributed by atoms with Gasteiger partial charge in [-0.2, -0.15) is 0 Å². The fourth-order valence-corrected chi connectivity index (χ4v) is 3.21. The maximum atomic E-state index is 10.9. The molecule has 0 saturated carbocycles. The Labute approximate surface area is 66.3 Å². The first kappa shape index (κ1) is 8.96. The summed E-state index contributed by atoms with van der Waals surface area (Å²) in [5.41, 5.74) is 5.48. The van der Waals surface area contributed by atoms with Crippen molar-refractivity contribution in [1.29, 1.82) is 0 Å². The van der Waals surface area contributed by atoms with Crippen LogP contribution >= 0.6 is 0 Å². The van der Waals surface area contributed by atoms with E-state index in [1.807, 2.05) is 0 Å². The molecule has 3 N–H and O–H groups in total. The highest BCUT2D eigenvalue weighted by Gasteiger charge is 2.31. The van der Waals surface area contributed by atoms with Gasteiger partial charge in [0.05, 0.1) is 18.1 Å². The number of rotatable bonds is 2. The van der Waals surface area contributed by atoms with Gasteiger partial charge in [-0.25, -0.2) is 8.42 Å². The molecule has 1 heterocycles. The van der Waals surface area contributed by atoms with Crippen molar-refractivity contribution in [3.63, 3.8) is 0 Å². The molecule has 0 bridgehead atoms. The van der Waals surface area contributed by atoms with E-state index in [1.54, 1.807) is 0 Å². The first-order valence-corrected chi connectivity index (χ1v) is 5.44. The molecule has 1 rings (SSSR count). The van der Waals surface area contributed by atoms with E-state index in [0.29, 0.717) is 6.42 Å². The van der Waals surface area contributed by atoms with Gasteiger partial charge in [0.25, 0.3) is 0 Å². The third kappa shape index (κ3) is 2.15. The zero-order valence-corrected chi connectivity index (χ0v) is 7.05. The van der Waals surface area contributed by atoms with Gasteiger partial charge in [-0.15, -0.1) is 0 Å². The average molecular weight is 179 g/mol. The SMILES string of the molecule is N[C@H](CO)C1CCS(=O)(=O)C1. The summed E-state index contributed by atoms with van der Waals surface area (Å²) in [5.74, 6) is 0.338. The Bertz CT molecular complexity index is 224. The van der Waals surface area contributed by atoms with Crippen LogP contribution in [-0.2, 0) is 9.84 Å². The van der Waals surface area contributed by atoms with Crippen LogP contribution in [0.25, 0.3) is 0 Å². The third-order valence-corrected chi connectivity index (χ3v) is 3.88. The van der Waals surface area contributed by atoms with Crippen molar-refractivity contribution < 1.29 is 13.5 Å². The molecule has 66 valence electrons. The van der Waals surface area contributed by atoms with E-state index in [0.717, 1.165) is 0 Å². The van der Waals surface area contributed by atoms with Crippen LogP contribution in [0.15, 0.2) is 0 Å². The van der Waals surface area contributed by atoms with Crippen LogP contribution in [0, 0.1) is 5.92 Å². The highest BCUT2D eigenvalue weighted by atomic mass is 32.2. The Morgan fingerprint density at radius 3 is 2.64 bits per heavy atom. The summed E-state index contributed by atoms with van der Waals surface area (Å²) >= 11 is 0. The molecular formula is C6H13NO3S. The third-order valence-electron chi connectivity index (χ3n) is 2.08. The van der Waals surface area contributed by atoms with Gasteiger partial charge in [-0.1, -0.05) is 0 Å². The highest BCUT2D eigenvalue weighted by Crippen LogP contribution is 2.20. The van der Waals surface area contributed by atoms with Gasteiger partial charge in [0, 0.05) is 6.04 Å². The van der Waals surface area contributed by atoms with Crippen LogP contribution in [0.2, 0.25) is 0 Å². The van der Waals surface area contributed by atoms with Gasteiger partial charge in [0.2, 0.25) is 0 Å². The molecule has 4 nitrogen and oxygen atoms in total. The van der Waals surface area contributed by atoms with Crippen molar-refractivity contribution in [3.05, 3.63) is 0 Å². The predicted octanol–water partition coefficient (Wildman–Crippen LogP) is -1.26. The molecule has 0 aromatic carbocycles. The summed E-state index contributed by atoms with van der Waals surface area (Å²) in [7, 11) is -2.84. The summed E-state index contributed by atoms with van der Waals surface area (Å²) in [6, 6.07) is -0.368. The fourth-order valence-electron chi connectivity index (χ4n) is 1.31. The van der Waals surface area contributed by atoms with Crippen LogP contribution in [0.5, 0.6) is 0 Å². The summed E-state index contributed by atoms with van der Waals surface area (Å²) in [5, 5.41) is 8.65. The van der Waals surface area contributed by atoms with E-state index in [-0.39, 0.29) is 30.1 Å². The lowest BCUT2D eigenvalue weighted by Crippen LogP contribution is -2.34. The topological polar surface area (TPSA) is 80.4 Å². The lowest BCUT2D eigenvalue weighted by atomic mass is 10.0. The molecule has 0 spiro atoms. The van der Waals surface area contributed by atoms with E-state index in [2.05, 4.69) is 0 Å². The van der Waals surface area contributed by atoms with Gasteiger partial charge in [0.15, 0.2) is 9.84 Å². The largest absolute Gasteiger partial charge is 0.395 e. The van der Waals surface area contributed by atoms with Crippen LogP contribution in [0.1, 0.15) is 6.42 Å². The molecule has 1 unspecified atom stereocenters. The van der Waals surface area contributed by atoms with Gasteiger partial charge in [-0.05, 0) is 12.3 Å². The van der Waals surface area contributed by atoms with Crippen LogP contribution < -0.4 is 5.73 Å². The second kappa shape index (κ2) is 3.08. The summed E-state index contributed by atoms with van der Waals surface area (Å²) < 4.78 is 21.8. The Balaban J connectivity index is 2.55. The molecule has 0 aromatic heterocycles. The second-order valence-corrected chi connectivity index (χ2v) is 5.24. The van der Waals surface area contributed by atoms with Gasteiger partial charge in [0.1, 0.15) is 0 Å². The van der Waals surface area contributed by atoms with Crippen LogP contribution in [0.4, 0.5) is 0 Å². The van der Waals surface area contributed by atoms with Gasteiger partial charge < -0.3 is 10.8 Å². The van der Waals surface area contributed by atoms with Crippen molar-refractivity contribution in [3.8, 4) is 0 Å². The van der Waals surface area contributed by atoms with E-state index in [9.17, 15) is 8.42 Å². The lowest BCUT2D eigenvalue weighted by molar-refractivity contribution is 0.234. The predicted molar refractivity (Wildman–Crippen MR) is 41.8 cm³/mol. The van der Waals surface area contributed by atoms with E-state index >= 15 is 0 Å². The maximum absolute atomic E-state index is 10.9. The number of aliphatic hydroxyl groups is 1. The highest BCUT2D eigenvalue weighted by molar-refractivity contribution is 7.91. The van der Waals surface area contributed by atoms with Gasteiger partial charge in [-0.3, -0.25) is 0 Å². The molecule has 2 atom stereocenters. The molecule has 5 heteroatoms. The summed E-state index contributed by atoms with van der Waals surface area (Å²) in [4.78, 5) is 0. The Morgan fingerprint density at radius 1 is 1.64 bits per heavy atom. The maximum Gasteiger partial charge on any atom is 0.150 e. The standard InChI is InChI=1S/C6H13NO3S/c7-6(3-8)5-1-2-11(9,10)4-5/h5-6,8H,1-4,7H2/t5?,6-/m1/s1. The summed E-state index contributed by atoms with van der Waals surface area (Å²) in [6.07, 6.45) is 0.601. The minimum Gasteiger partial charge on any atom is -0.395 e. The van der Waals surface area contributed by atoms with Crippen LogP contribution in [0.3, 0.4) is 0 Å². The van der Waals surface area contributed by atoms with E-state index in [4.69, 9.17) is 10.8 Å². The molecule has 0 radical (unpaired) electrons. The van der Waals surface area contributed by atoms with Crippen LogP contribution in [-0.4, -0.2) is 37.7 Å². The Kier molecular flexibility index (Phi) is 2.51. The minimum atomic E-state index is -2.84. The van der Waals surface area contributed by atoms with Gasteiger partial charge >= 0.3 is 0 Å². The first-order chi connectivity index (χ1) is 5.05. The van der Waals surface area contributed by atoms with Crippen molar-refractivity contribution in [2.75, 3.05) is 18.1 Å². The molecule has 1 saturated heterocycles. The quantitative estimate of drug-likeness (QED) is 0.554. The monoisotopic (exact) mass is 179 g/mol. The second-order valence-electron chi connectivity index (χ2n) is 3.01. The van der Waals surface area contributed by atoms with Crippen molar-refractivity contribution >= 4 is 9.84 Å². The normalized spacial score (nSPS) is 32.0. The zero-order chi connectivity index (χ0) is 8.48. The minimum absolute atomic E-state index is 0.0370. The molecule has 0 amide bonds. The van der Waals surface area contributed by atoms with Crippen molar-refractivity contribution in [1.82, 2.24) is 0 Å². The molecule has 11 heavy (non-hydrogen) atoms. The van der Waals surface area contributed by atoms with Crippen molar-refractivity contribution in [2.24, 2.45) is 11.7 Å². The molecule has 0 aliphatic carbocycles. The molecular weight excluding hydrogens is 166 g/mol. The average Bonchev–Trinajstić information content (AvgIpc) is 2.29. The van der Waals surface area contributed by atoms with E-state index < -0.39 is 9.84 Å².